The first kappa shape index (κ1) is 19.6. The Morgan fingerprint density at radius 1 is 1.10 bits per heavy atom. The van der Waals surface area contributed by atoms with Crippen LogP contribution < -0.4 is 10.1 Å². The van der Waals surface area contributed by atoms with Gasteiger partial charge in [0.05, 0.1) is 5.69 Å². The van der Waals surface area contributed by atoms with Gasteiger partial charge in [-0.3, -0.25) is 10.1 Å². The van der Waals surface area contributed by atoms with E-state index >= 15 is 0 Å². The first-order valence-electron chi connectivity index (χ1n) is 10.1. The van der Waals surface area contributed by atoms with Crippen LogP contribution in [0.25, 0.3) is 11.3 Å². The van der Waals surface area contributed by atoms with E-state index in [1.165, 1.54) is 41.7 Å². The number of aromatic nitrogens is 1. The summed E-state index contributed by atoms with van der Waals surface area (Å²) in [6, 6.07) is 10.7. The number of anilines is 1. The summed E-state index contributed by atoms with van der Waals surface area (Å²) in [5.74, 6) is 0.557. The van der Waals surface area contributed by atoms with Gasteiger partial charge in [0.15, 0.2) is 11.7 Å². The Hall–Kier alpha value is -2.66. The van der Waals surface area contributed by atoms with Gasteiger partial charge in [-0.1, -0.05) is 18.2 Å². The summed E-state index contributed by atoms with van der Waals surface area (Å²) >= 11 is 1.44. The van der Waals surface area contributed by atoms with Gasteiger partial charge >= 0.3 is 0 Å². The van der Waals surface area contributed by atoms with E-state index in [0.29, 0.717) is 5.13 Å². The van der Waals surface area contributed by atoms with Crippen LogP contribution in [0.1, 0.15) is 40.7 Å². The first-order valence-corrected chi connectivity index (χ1v) is 11.0. The van der Waals surface area contributed by atoms with E-state index in [-0.39, 0.29) is 12.5 Å². The molecule has 29 heavy (non-hydrogen) atoms. The summed E-state index contributed by atoms with van der Waals surface area (Å²) in [7, 11) is 0. The third-order valence-electron chi connectivity index (χ3n) is 5.52. The predicted octanol–water partition coefficient (Wildman–Crippen LogP) is 5.63. The third kappa shape index (κ3) is 4.51. The number of benzene rings is 2. The number of carbonyl (C=O) groups excluding carboxylic acids is 1. The Bertz CT molecular complexity index is 1060. The lowest BCUT2D eigenvalue weighted by Crippen LogP contribution is -2.20. The lowest BCUT2D eigenvalue weighted by Gasteiger charge is -2.16. The maximum absolute atomic E-state index is 12.3. The topological polar surface area (TPSA) is 51.2 Å². The Labute approximate surface area is 176 Å². The molecule has 0 atom stereocenters. The summed E-state index contributed by atoms with van der Waals surface area (Å²) in [5.41, 5.74) is 8.27. The highest BCUT2D eigenvalue weighted by molar-refractivity contribution is 7.14. The number of carbonyl (C=O) groups is 1. The van der Waals surface area contributed by atoms with Crippen molar-refractivity contribution >= 4 is 22.4 Å². The Morgan fingerprint density at radius 3 is 2.72 bits per heavy atom. The summed E-state index contributed by atoms with van der Waals surface area (Å²) in [4.78, 5) is 16.9. The van der Waals surface area contributed by atoms with Crippen molar-refractivity contribution in [3.63, 3.8) is 0 Å². The highest BCUT2D eigenvalue weighted by Gasteiger charge is 2.13. The molecule has 4 rings (SSSR count). The van der Waals surface area contributed by atoms with E-state index in [9.17, 15) is 4.79 Å². The molecule has 5 heteroatoms. The molecule has 4 nitrogen and oxygen atoms in total. The number of amides is 1. The molecule has 1 amide bonds. The number of nitrogens with one attached hydrogen (secondary N) is 1. The number of aryl methyl sites for hydroxylation is 4. The van der Waals surface area contributed by atoms with Crippen LogP contribution in [0.4, 0.5) is 5.13 Å². The molecule has 1 aliphatic rings. The number of thiazole rings is 1. The van der Waals surface area contributed by atoms with Crippen molar-refractivity contribution in [1.82, 2.24) is 4.98 Å². The molecule has 0 fully saturated rings. The molecule has 3 aromatic rings. The Kier molecular flexibility index (Phi) is 5.67. The molecule has 0 aliphatic heterocycles. The molecule has 0 saturated carbocycles. The first-order chi connectivity index (χ1) is 14.0. The molecule has 0 bridgehead atoms. The average Bonchev–Trinajstić information content (AvgIpc) is 3.17. The van der Waals surface area contributed by atoms with Gasteiger partial charge in [-0.05, 0) is 86.4 Å². The maximum atomic E-state index is 12.3. The Morgan fingerprint density at radius 2 is 1.90 bits per heavy atom. The molecule has 150 valence electrons. The summed E-state index contributed by atoms with van der Waals surface area (Å²) < 4.78 is 5.75. The van der Waals surface area contributed by atoms with Gasteiger partial charge in [0.1, 0.15) is 5.75 Å². The summed E-state index contributed by atoms with van der Waals surface area (Å²) in [6.07, 6.45) is 4.86. The van der Waals surface area contributed by atoms with Gasteiger partial charge in [0, 0.05) is 10.9 Å². The zero-order valence-electron chi connectivity index (χ0n) is 17.2. The van der Waals surface area contributed by atoms with Crippen molar-refractivity contribution in [1.29, 1.82) is 0 Å². The van der Waals surface area contributed by atoms with Crippen molar-refractivity contribution in [2.45, 2.75) is 46.5 Å². The molecule has 1 N–H and O–H groups in total. The molecule has 0 saturated heterocycles. The lowest BCUT2D eigenvalue weighted by molar-refractivity contribution is -0.118. The van der Waals surface area contributed by atoms with E-state index in [0.717, 1.165) is 40.1 Å². The van der Waals surface area contributed by atoms with Crippen molar-refractivity contribution in [2.24, 2.45) is 0 Å². The van der Waals surface area contributed by atoms with Gasteiger partial charge < -0.3 is 4.74 Å². The fourth-order valence-electron chi connectivity index (χ4n) is 3.81. The minimum atomic E-state index is -0.199. The van der Waals surface area contributed by atoms with E-state index in [2.05, 4.69) is 34.6 Å². The number of rotatable bonds is 5. The zero-order valence-corrected chi connectivity index (χ0v) is 18.0. The number of nitrogens with zero attached hydrogens (tertiary/aromatic N) is 1. The quantitative estimate of drug-likeness (QED) is 0.597. The largest absolute Gasteiger partial charge is 0.483 e. The summed E-state index contributed by atoms with van der Waals surface area (Å²) in [6.45, 7) is 6.05. The van der Waals surface area contributed by atoms with Crippen LogP contribution in [-0.4, -0.2) is 17.5 Å². The normalized spacial score (nSPS) is 13.1. The average molecular weight is 407 g/mol. The minimum absolute atomic E-state index is 0.0303. The molecule has 0 spiro atoms. The molecule has 0 unspecified atom stereocenters. The highest BCUT2D eigenvalue weighted by Crippen LogP contribution is 2.29. The SMILES string of the molecule is Cc1cc(C)c(C)c(OCC(=O)Nc2nc(-c3ccc4c(c3)CCCC4)cs2)c1. The van der Waals surface area contributed by atoms with Gasteiger partial charge in [-0.2, -0.15) is 0 Å². The second kappa shape index (κ2) is 8.37. The maximum Gasteiger partial charge on any atom is 0.264 e. The van der Waals surface area contributed by atoms with E-state index in [1.54, 1.807) is 0 Å². The molecular formula is C24H26N2O2S. The van der Waals surface area contributed by atoms with Crippen molar-refractivity contribution < 1.29 is 9.53 Å². The second-order valence-corrected chi connectivity index (χ2v) is 8.63. The second-order valence-electron chi connectivity index (χ2n) is 7.77. The fourth-order valence-corrected chi connectivity index (χ4v) is 4.54. The van der Waals surface area contributed by atoms with Gasteiger partial charge in [-0.15, -0.1) is 11.3 Å². The highest BCUT2D eigenvalue weighted by atomic mass is 32.1. The fraction of sp³-hybridized carbons (Fsp3) is 0.333. The van der Waals surface area contributed by atoms with E-state index in [1.807, 2.05) is 32.2 Å². The lowest BCUT2D eigenvalue weighted by atomic mass is 9.90. The molecule has 1 aromatic heterocycles. The third-order valence-corrected chi connectivity index (χ3v) is 6.28. The molecule has 2 aromatic carbocycles. The zero-order chi connectivity index (χ0) is 20.4. The standard InChI is InChI=1S/C24H26N2O2S/c1-15-10-16(2)17(3)22(11-15)28-13-23(27)26-24-25-21(14-29-24)20-9-8-18-6-4-5-7-19(18)12-20/h8-12,14H,4-7,13H2,1-3H3,(H,25,26,27). The number of fused-ring (bicyclic) bond motifs is 1. The molecular weight excluding hydrogens is 380 g/mol. The van der Waals surface area contributed by atoms with Crippen molar-refractivity contribution in [3.8, 4) is 17.0 Å². The van der Waals surface area contributed by atoms with Gasteiger partial charge in [-0.25, -0.2) is 4.98 Å². The monoisotopic (exact) mass is 406 g/mol. The van der Waals surface area contributed by atoms with Crippen LogP contribution in [0.15, 0.2) is 35.7 Å². The minimum Gasteiger partial charge on any atom is -0.483 e. The number of hydrogen-bond donors (Lipinski definition) is 1. The van der Waals surface area contributed by atoms with E-state index < -0.39 is 0 Å². The molecule has 1 aliphatic carbocycles. The van der Waals surface area contributed by atoms with E-state index in [4.69, 9.17) is 4.74 Å². The van der Waals surface area contributed by atoms with Gasteiger partial charge in [0.2, 0.25) is 0 Å². The van der Waals surface area contributed by atoms with Crippen molar-refractivity contribution in [3.05, 3.63) is 63.5 Å². The van der Waals surface area contributed by atoms with Crippen LogP contribution in [0, 0.1) is 20.8 Å². The number of ether oxygens (including phenoxy) is 1. The predicted molar refractivity (Wildman–Crippen MR) is 119 cm³/mol. The smallest absolute Gasteiger partial charge is 0.264 e. The molecule has 1 heterocycles. The Balaban J connectivity index is 1.40. The van der Waals surface area contributed by atoms with Crippen LogP contribution >= 0.6 is 11.3 Å². The number of hydrogen-bond acceptors (Lipinski definition) is 4. The van der Waals surface area contributed by atoms with Crippen LogP contribution in [-0.2, 0) is 17.6 Å². The summed E-state index contributed by atoms with van der Waals surface area (Å²) in [5, 5.41) is 5.45. The van der Waals surface area contributed by atoms with Crippen molar-refractivity contribution in [2.75, 3.05) is 11.9 Å². The van der Waals surface area contributed by atoms with Crippen LogP contribution in [0.2, 0.25) is 0 Å². The van der Waals surface area contributed by atoms with Gasteiger partial charge in [0.25, 0.3) is 5.91 Å². The molecule has 0 radical (unpaired) electrons. The van der Waals surface area contributed by atoms with Crippen LogP contribution in [0.5, 0.6) is 5.75 Å². The van der Waals surface area contributed by atoms with Crippen LogP contribution in [0.3, 0.4) is 0 Å².